The number of carbonyl (C=O) groups excluding carboxylic acids is 1. The van der Waals surface area contributed by atoms with Gasteiger partial charge in [-0.05, 0) is 42.8 Å². The minimum atomic E-state index is -0.399. The zero-order valence-electron chi connectivity index (χ0n) is 16.7. The van der Waals surface area contributed by atoms with Crippen LogP contribution in [0.25, 0.3) is 16.9 Å². The number of carbonyl (C=O) groups is 1. The van der Waals surface area contributed by atoms with Crippen molar-refractivity contribution in [1.82, 2.24) is 25.2 Å². The summed E-state index contributed by atoms with van der Waals surface area (Å²) in [5, 5.41) is 17.6. The van der Waals surface area contributed by atoms with Gasteiger partial charge < -0.3 is 5.32 Å². The van der Waals surface area contributed by atoms with Gasteiger partial charge in [0.15, 0.2) is 5.13 Å². The highest BCUT2D eigenvalue weighted by Crippen LogP contribution is 2.28. The van der Waals surface area contributed by atoms with Crippen LogP contribution in [0, 0.1) is 13.8 Å². The number of tetrazole rings is 1. The van der Waals surface area contributed by atoms with Crippen LogP contribution in [-0.2, 0) is 4.79 Å². The van der Waals surface area contributed by atoms with Crippen molar-refractivity contribution in [3.8, 4) is 16.9 Å². The number of amides is 1. The van der Waals surface area contributed by atoms with E-state index >= 15 is 0 Å². The largest absolute Gasteiger partial charge is 0.301 e. The van der Waals surface area contributed by atoms with Crippen molar-refractivity contribution in [2.75, 3.05) is 5.32 Å². The van der Waals surface area contributed by atoms with Crippen LogP contribution >= 0.6 is 23.1 Å². The molecule has 0 aliphatic carbocycles. The molecule has 7 nitrogen and oxygen atoms in total. The molecule has 0 aliphatic rings. The predicted molar refractivity (Wildman–Crippen MR) is 120 cm³/mol. The van der Waals surface area contributed by atoms with Gasteiger partial charge in [-0.2, -0.15) is 4.68 Å². The average molecular weight is 437 g/mol. The molecule has 1 N–H and O–H groups in total. The molecule has 4 aromatic rings. The topological polar surface area (TPSA) is 85.6 Å². The number of aromatic nitrogens is 5. The quantitative estimate of drug-likeness (QED) is 0.447. The van der Waals surface area contributed by atoms with Crippen LogP contribution in [-0.4, -0.2) is 36.3 Å². The van der Waals surface area contributed by atoms with Crippen molar-refractivity contribution in [2.24, 2.45) is 0 Å². The monoisotopic (exact) mass is 436 g/mol. The highest BCUT2D eigenvalue weighted by Gasteiger charge is 2.21. The molecule has 1 atom stereocenters. The van der Waals surface area contributed by atoms with E-state index in [0.29, 0.717) is 10.3 Å². The van der Waals surface area contributed by atoms with Crippen LogP contribution < -0.4 is 5.32 Å². The fraction of sp³-hybridized carbons (Fsp3) is 0.190. The maximum Gasteiger partial charge on any atom is 0.239 e. The second kappa shape index (κ2) is 8.76. The summed E-state index contributed by atoms with van der Waals surface area (Å²) in [7, 11) is 0. The van der Waals surface area contributed by atoms with Gasteiger partial charge in [0.05, 0.1) is 16.6 Å². The lowest BCUT2D eigenvalue weighted by Gasteiger charge is -2.11. The Labute approximate surface area is 182 Å². The summed E-state index contributed by atoms with van der Waals surface area (Å²) < 4.78 is 1.67. The number of thioether (sulfide) groups is 1. The molecule has 9 heteroatoms. The fourth-order valence-corrected chi connectivity index (χ4v) is 4.46. The second-order valence-electron chi connectivity index (χ2n) is 6.82. The molecule has 4 rings (SSSR count). The predicted octanol–water partition coefficient (Wildman–Crippen LogP) is 4.52. The third-order valence-corrected chi connectivity index (χ3v) is 6.27. The number of thiazole rings is 1. The molecule has 2 aromatic heterocycles. The maximum atomic E-state index is 12.7. The van der Waals surface area contributed by atoms with E-state index < -0.39 is 5.25 Å². The zero-order valence-corrected chi connectivity index (χ0v) is 18.4. The van der Waals surface area contributed by atoms with E-state index in [2.05, 4.69) is 31.9 Å². The molecule has 0 saturated heterocycles. The molecular weight excluding hydrogens is 416 g/mol. The van der Waals surface area contributed by atoms with E-state index in [4.69, 9.17) is 0 Å². The van der Waals surface area contributed by atoms with E-state index in [1.165, 1.54) is 28.7 Å². The smallest absolute Gasteiger partial charge is 0.239 e. The first-order valence-corrected chi connectivity index (χ1v) is 11.1. The molecule has 0 saturated carbocycles. The number of nitrogens with zero attached hydrogens (tertiary/aromatic N) is 5. The lowest BCUT2D eigenvalue weighted by molar-refractivity contribution is -0.115. The number of benzene rings is 2. The van der Waals surface area contributed by atoms with E-state index in [9.17, 15) is 4.79 Å². The summed E-state index contributed by atoms with van der Waals surface area (Å²) in [6.45, 7) is 5.88. The Hall–Kier alpha value is -3.04. The Morgan fingerprint density at radius 2 is 1.97 bits per heavy atom. The molecule has 152 valence electrons. The van der Waals surface area contributed by atoms with E-state index in [-0.39, 0.29) is 5.91 Å². The lowest BCUT2D eigenvalue weighted by Crippen LogP contribution is -2.22. The summed E-state index contributed by atoms with van der Waals surface area (Å²) in [5.41, 5.74) is 4.99. The lowest BCUT2D eigenvalue weighted by atomic mass is 10.1. The van der Waals surface area contributed by atoms with E-state index in [1.54, 1.807) is 4.68 Å². The van der Waals surface area contributed by atoms with Gasteiger partial charge in [-0.25, -0.2) is 4.98 Å². The highest BCUT2D eigenvalue weighted by molar-refractivity contribution is 8.00. The summed E-state index contributed by atoms with van der Waals surface area (Å²) in [5.74, 6) is -0.149. The van der Waals surface area contributed by atoms with Crippen LogP contribution in [0.3, 0.4) is 0 Å². The Morgan fingerprint density at radius 3 is 2.73 bits per heavy atom. The standard InChI is InChI=1S/C21H20N6OS2/c1-13-9-10-18(14(2)11-13)27-21(24-25-26-27)30-15(3)19(28)23-20-22-17(12-29-20)16-7-5-4-6-8-16/h4-12,15H,1-3H3,(H,22,23,28). The molecule has 0 bridgehead atoms. The van der Waals surface area contributed by atoms with Crippen molar-refractivity contribution in [1.29, 1.82) is 0 Å². The first-order chi connectivity index (χ1) is 14.5. The molecule has 30 heavy (non-hydrogen) atoms. The summed E-state index contributed by atoms with van der Waals surface area (Å²) in [4.78, 5) is 17.2. The van der Waals surface area contributed by atoms with Crippen LogP contribution in [0.2, 0.25) is 0 Å². The molecule has 0 aliphatic heterocycles. The Kier molecular flexibility index (Phi) is 5.91. The van der Waals surface area contributed by atoms with Gasteiger partial charge >= 0.3 is 0 Å². The maximum absolute atomic E-state index is 12.7. The zero-order chi connectivity index (χ0) is 21.1. The van der Waals surface area contributed by atoms with Gasteiger partial charge in [-0.3, -0.25) is 4.79 Å². The first-order valence-electron chi connectivity index (χ1n) is 9.36. The molecule has 2 heterocycles. The van der Waals surface area contributed by atoms with Crippen molar-refractivity contribution < 1.29 is 4.79 Å². The minimum absolute atomic E-state index is 0.149. The summed E-state index contributed by atoms with van der Waals surface area (Å²) in [6, 6.07) is 15.9. The number of nitrogens with one attached hydrogen (secondary N) is 1. The van der Waals surface area contributed by atoms with Crippen molar-refractivity contribution in [2.45, 2.75) is 31.2 Å². The van der Waals surface area contributed by atoms with Gasteiger partial charge in [0, 0.05) is 10.9 Å². The van der Waals surface area contributed by atoms with Crippen LogP contribution in [0.15, 0.2) is 59.1 Å². The fourth-order valence-electron chi connectivity index (χ4n) is 2.94. The number of rotatable bonds is 6. The van der Waals surface area contributed by atoms with Gasteiger partial charge in [0.2, 0.25) is 11.1 Å². The van der Waals surface area contributed by atoms with Crippen LogP contribution in [0.5, 0.6) is 0 Å². The first kappa shape index (κ1) is 20.2. The van der Waals surface area contributed by atoms with E-state index in [0.717, 1.165) is 22.5 Å². The van der Waals surface area contributed by atoms with Crippen molar-refractivity contribution >= 4 is 34.1 Å². The van der Waals surface area contributed by atoms with E-state index in [1.807, 2.05) is 68.6 Å². The van der Waals surface area contributed by atoms with Gasteiger partial charge in [0.1, 0.15) is 0 Å². The normalized spacial score (nSPS) is 12.0. The van der Waals surface area contributed by atoms with Gasteiger partial charge in [-0.15, -0.1) is 16.4 Å². The summed E-state index contributed by atoms with van der Waals surface area (Å²) in [6.07, 6.45) is 0. The Balaban J connectivity index is 1.45. The molecule has 1 unspecified atom stereocenters. The van der Waals surface area contributed by atoms with Crippen molar-refractivity contribution in [3.05, 3.63) is 65.0 Å². The average Bonchev–Trinajstić information content (AvgIpc) is 3.38. The molecule has 0 radical (unpaired) electrons. The second-order valence-corrected chi connectivity index (χ2v) is 8.98. The third-order valence-electron chi connectivity index (χ3n) is 4.48. The van der Waals surface area contributed by atoms with Crippen molar-refractivity contribution in [3.63, 3.8) is 0 Å². The molecule has 0 spiro atoms. The van der Waals surface area contributed by atoms with Crippen LogP contribution in [0.4, 0.5) is 5.13 Å². The molecule has 1 amide bonds. The van der Waals surface area contributed by atoms with Crippen LogP contribution in [0.1, 0.15) is 18.1 Å². The number of hydrogen-bond donors (Lipinski definition) is 1. The highest BCUT2D eigenvalue weighted by atomic mass is 32.2. The Morgan fingerprint density at radius 1 is 1.17 bits per heavy atom. The number of anilines is 1. The number of aryl methyl sites for hydroxylation is 2. The minimum Gasteiger partial charge on any atom is -0.301 e. The molecular formula is C21H20N6OS2. The molecule has 0 fully saturated rings. The molecule has 2 aromatic carbocycles. The van der Waals surface area contributed by atoms with Gasteiger partial charge in [-0.1, -0.05) is 59.8 Å². The van der Waals surface area contributed by atoms with Gasteiger partial charge in [0.25, 0.3) is 0 Å². The summed E-state index contributed by atoms with van der Waals surface area (Å²) >= 11 is 2.71. The Bertz CT molecular complexity index is 1170. The third kappa shape index (κ3) is 4.42. The number of hydrogen-bond acceptors (Lipinski definition) is 7. The SMILES string of the molecule is Cc1ccc(-n2nnnc2SC(C)C(=O)Nc2nc(-c3ccccc3)cs2)c(C)c1.